The molecular weight excluding hydrogens is 332 g/mol. The molecule has 2 amide bonds. The summed E-state index contributed by atoms with van der Waals surface area (Å²) in [5.74, 6) is 0. The van der Waals surface area contributed by atoms with Crippen molar-refractivity contribution in [2.24, 2.45) is 0 Å². The fraction of sp³-hybridized carbons (Fsp3) is 0.154. The summed E-state index contributed by atoms with van der Waals surface area (Å²) in [4.78, 5) is 12.8. The highest BCUT2D eigenvalue weighted by Crippen LogP contribution is 2.24. The highest BCUT2D eigenvalue weighted by Gasteiger charge is 2.13. The maximum Gasteiger partial charge on any atom is 0.319 e. The first kappa shape index (κ1) is 15.8. The van der Waals surface area contributed by atoms with E-state index in [1.54, 1.807) is 6.07 Å². The third-order valence-electron chi connectivity index (χ3n) is 2.59. The summed E-state index contributed by atoms with van der Waals surface area (Å²) in [5, 5.41) is 7.31. The molecule has 1 heterocycles. The Morgan fingerprint density at radius 1 is 1.33 bits per heavy atom. The number of carbonyl (C=O) groups excluding carboxylic acids is 1. The second-order valence-corrected chi connectivity index (χ2v) is 7.73. The van der Waals surface area contributed by atoms with Crippen molar-refractivity contribution in [3.05, 3.63) is 45.6 Å². The van der Waals surface area contributed by atoms with Crippen LogP contribution in [0.3, 0.4) is 0 Å². The Balaban J connectivity index is 2.04. The fourth-order valence-corrected chi connectivity index (χ4v) is 3.57. The molecule has 2 rings (SSSR count). The van der Waals surface area contributed by atoms with E-state index in [1.807, 2.05) is 17.5 Å². The molecule has 0 aliphatic rings. The Labute approximate surface area is 131 Å². The number of anilines is 1. The molecule has 0 aliphatic carbocycles. The molecule has 0 unspecified atom stereocenters. The molecule has 1 aromatic heterocycles. The van der Waals surface area contributed by atoms with E-state index >= 15 is 0 Å². The minimum Gasteiger partial charge on any atom is -0.333 e. The van der Waals surface area contributed by atoms with Crippen LogP contribution in [0.15, 0.2) is 40.6 Å². The van der Waals surface area contributed by atoms with Gasteiger partial charge < -0.3 is 10.6 Å². The van der Waals surface area contributed by atoms with Gasteiger partial charge in [0.1, 0.15) is 0 Å². The monoisotopic (exact) mass is 344 g/mol. The number of hydrogen-bond donors (Lipinski definition) is 2. The van der Waals surface area contributed by atoms with Crippen LogP contribution in [0.2, 0.25) is 5.02 Å². The standard InChI is InChI=1S/C13H13ClN2O3S2/c1-21(18,19)12-7-9(4-5-11(12)14)16-13(17)15-8-10-3-2-6-20-10/h2-7H,8H2,1H3,(H2,15,16,17). The van der Waals surface area contributed by atoms with E-state index in [0.717, 1.165) is 11.1 Å². The zero-order chi connectivity index (χ0) is 15.5. The molecule has 0 saturated heterocycles. The predicted molar refractivity (Wildman–Crippen MR) is 84.7 cm³/mol. The molecular formula is C13H13ClN2O3S2. The van der Waals surface area contributed by atoms with Gasteiger partial charge in [-0.15, -0.1) is 11.3 Å². The summed E-state index contributed by atoms with van der Waals surface area (Å²) >= 11 is 7.38. The van der Waals surface area contributed by atoms with E-state index in [-0.39, 0.29) is 9.92 Å². The number of sulfone groups is 1. The predicted octanol–water partition coefficient (Wildman–Crippen LogP) is 3.13. The van der Waals surface area contributed by atoms with Crippen molar-refractivity contribution < 1.29 is 13.2 Å². The van der Waals surface area contributed by atoms with Gasteiger partial charge in [0.25, 0.3) is 0 Å². The third kappa shape index (κ3) is 4.45. The maximum atomic E-state index is 11.8. The lowest BCUT2D eigenvalue weighted by Crippen LogP contribution is -2.27. The average Bonchev–Trinajstić information content (AvgIpc) is 2.90. The molecule has 0 atom stereocenters. The first-order valence-corrected chi connectivity index (χ1v) is 9.08. The normalized spacial score (nSPS) is 11.1. The Bertz CT molecular complexity index is 743. The molecule has 0 radical (unpaired) electrons. The van der Waals surface area contributed by atoms with Crippen LogP contribution >= 0.6 is 22.9 Å². The number of rotatable bonds is 4. The van der Waals surface area contributed by atoms with Crippen molar-refractivity contribution in [2.75, 3.05) is 11.6 Å². The van der Waals surface area contributed by atoms with Crippen LogP contribution in [-0.4, -0.2) is 20.7 Å². The van der Waals surface area contributed by atoms with Gasteiger partial charge in [-0.25, -0.2) is 13.2 Å². The van der Waals surface area contributed by atoms with Crippen LogP contribution in [0.5, 0.6) is 0 Å². The lowest BCUT2D eigenvalue weighted by molar-refractivity contribution is 0.252. The molecule has 0 fully saturated rings. The highest BCUT2D eigenvalue weighted by atomic mass is 35.5. The molecule has 0 aliphatic heterocycles. The highest BCUT2D eigenvalue weighted by molar-refractivity contribution is 7.90. The first-order chi connectivity index (χ1) is 9.86. The first-order valence-electron chi connectivity index (χ1n) is 5.93. The summed E-state index contributed by atoms with van der Waals surface area (Å²) in [6.07, 6.45) is 1.06. The summed E-state index contributed by atoms with van der Waals surface area (Å²) < 4.78 is 23.1. The fourth-order valence-electron chi connectivity index (χ4n) is 1.62. The van der Waals surface area contributed by atoms with Gasteiger partial charge in [0.05, 0.1) is 16.5 Å². The number of carbonyl (C=O) groups is 1. The third-order valence-corrected chi connectivity index (χ3v) is 5.05. The quantitative estimate of drug-likeness (QED) is 0.894. The number of hydrogen-bond acceptors (Lipinski definition) is 4. The van der Waals surface area contributed by atoms with E-state index < -0.39 is 15.9 Å². The summed E-state index contributed by atoms with van der Waals surface area (Å²) in [7, 11) is -3.44. The number of benzene rings is 1. The Morgan fingerprint density at radius 2 is 2.10 bits per heavy atom. The molecule has 2 aromatic rings. The molecule has 8 heteroatoms. The van der Waals surface area contributed by atoms with Gasteiger partial charge in [0, 0.05) is 16.8 Å². The van der Waals surface area contributed by atoms with Crippen LogP contribution in [-0.2, 0) is 16.4 Å². The lowest BCUT2D eigenvalue weighted by atomic mass is 10.3. The molecule has 0 spiro atoms. The SMILES string of the molecule is CS(=O)(=O)c1cc(NC(=O)NCc2cccs2)ccc1Cl. The Hall–Kier alpha value is -1.57. The minimum absolute atomic E-state index is 0.0137. The number of amides is 2. The molecule has 0 bridgehead atoms. The summed E-state index contributed by atoms with van der Waals surface area (Å²) in [5.41, 5.74) is 0.364. The smallest absolute Gasteiger partial charge is 0.319 e. The van der Waals surface area contributed by atoms with Gasteiger partial charge in [-0.1, -0.05) is 17.7 Å². The molecule has 0 saturated carbocycles. The number of thiophene rings is 1. The molecule has 112 valence electrons. The average molecular weight is 345 g/mol. The second kappa shape index (κ2) is 6.46. The summed E-state index contributed by atoms with van der Waals surface area (Å²) in [6.45, 7) is 0.413. The zero-order valence-corrected chi connectivity index (χ0v) is 13.5. The zero-order valence-electron chi connectivity index (χ0n) is 11.1. The van der Waals surface area contributed by atoms with E-state index in [2.05, 4.69) is 10.6 Å². The van der Waals surface area contributed by atoms with Crippen LogP contribution in [0.25, 0.3) is 0 Å². The topological polar surface area (TPSA) is 75.3 Å². The Morgan fingerprint density at radius 3 is 2.71 bits per heavy atom. The van der Waals surface area contributed by atoms with Crippen LogP contribution in [0, 0.1) is 0 Å². The van der Waals surface area contributed by atoms with Crippen molar-refractivity contribution in [2.45, 2.75) is 11.4 Å². The van der Waals surface area contributed by atoms with Crippen molar-refractivity contribution in [1.82, 2.24) is 5.32 Å². The maximum absolute atomic E-state index is 11.8. The van der Waals surface area contributed by atoms with Crippen molar-refractivity contribution in [1.29, 1.82) is 0 Å². The second-order valence-electron chi connectivity index (χ2n) is 4.30. The number of nitrogens with one attached hydrogen (secondary N) is 2. The Kier molecular flexibility index (Phi) is 4.87. The van der Waals surface area contributed by atoms with Gasteiger partial charge in [0.2, 0.25) is 0 Å². The number of halogens is 1. The largest absolute Gasteiger partial charge is 0.333 e. The molecule has 1 aromatic carbocycles. The van der Waals surface area contributed by atoms with Crippen LogP contribution < -0.4 is 10.6 Å². The van der Waals surface area contributed by atoms with Gasteiger partial charge in [-0.2, -0.15) is 0 Å². The minimum atomic E-state index is -3.44. The van der Waals surface area contributed by atoms with Crippen LogP contribution in [0.1, 0.15) is 4.88 Å². The van der Waals surface area contributed by atoms with Gasteiger partial charge >= 0.3 is 6.03 Å². The van der Waals surface area contributed by atoms with E-state index in [4.69, 9.17) is 11.6 Å². The van der Waals surface area contributed by atoms with Gasteiger partial charge in [-0.05, 0) is 29.6 Å². The van der Waals surface area contributed by atoms with E-state index in [0.29, 0.717) is 12.2 Å². The summed E-state index contributed by atoms with van der Waals surface area (Å²) in [6, 6.07) is 7.72. The number of urea groups is 1. The van der Waals surface area contributed by atoms with E-state index in [9.17, 15) is 13.2 Å². The van der Waals surface area contributed by atoms with Gasteiger partial charge in [-0.3, -0.25) is 0 Å². The molecule has 21 heavy (non-hydrogen) atoms. The van der Waals surface area contributed by atoms with Crippen LogP contribution in [0.4, 0.5) is 10.5 Å². The molecule has 2 N–H and O–H groups in total. The van der Waals surface area contributed by atoms with Crippen molar-refractivity contribution in [3.63, 3.8) is 0 Å². The van der Waals surface area contributed by atoms with Crippen molar-refractivity contribution >= 4 is 44.5 Å². The van der Waals surface area contributed by atoms with Gasteiger partial charge in [0.15, 0.2) is 9.84 Å². The molecule has 5 nitrogen and oxygen atoms in total. The lowest BCUT2D eigenvalue weighted by Gasteiger charge is -2.09. The van der Waals surface area contributed by atoms with Crippen molar-refractivity contribution in [3.8, 4) is 0 Å². The van der Waals surface area contributed by atoms with E-state index in [1.165, 1.54) is 23.5 Å².